The van der Waals surface area contributed by atoms with Crippen molar-refractivity contribution >= 4 is 12.9 Å². The molecular formula is C52H55BN4O2. The summed E-state index contributed by atoms with van der Waals surface area (Å²) in [4.78, 5) is 19.3. The number of nitrogens with zero attached hydrogens (tertiary/aromatic N) is 4. The first-order valence-electron chi connectivity index (χ1n) is 20.4. The Morgan fingerprint density at radius 1 is 0.424 bits per heavy atom. The van der Waals surface area contributed by atoms with Crippen LogP contribution in [-0.4, -0.2) is 43.7 Å². The number of pyridine rings is 4. The van der Waals surface area contributed by atoms with E-state index in [0.717, 1.165) is 83.9 Å². The molecule has 1 N–H and O–H groups in total. The highest BCUT2D eigenvalue weighted by atomic mass is 16.5. The summed E-state index contributed by atoms with van der Waals surface area (Å²) in [6.07, 6.45) is 7.73. The maximum absolute atomic E-state index is 10.9. The van der Waals surface area contributed by atoms with Crippen molar-refractivity contribution < 1.29 is 9.76 Å². The van der Waals surface area contributed by atoms with Crippen LogP contribution in [0.3, 0.4) is 0 Å². The van der Waals surface area contributed by atoms with Gasteiger partial charge in [-0.05, 0) is 104 Å². The van der Waals surface area contributed by atoms with E-state index in [1.165, 1.54) is 0 Å². The minimum atomic E-state index is -1.04. The second-order valence-corrected chi connectivity index (χ2v) is 18.6. The second-order valence-electron chi connectivity index (χ2n) is 18.6. The van der Waals surface area contributed by atoms with E-state index >= 15 is 0 Å². The zero-order valence-corrected chi connectivity index (χ0v) is 36.1. The first-order chi connectivity index (χ1) is 27.9. The number of aromatic nitrogens is 4. The fourth-order valence-corrected chi connectivity index (χ4v) is 6.93. The average molecular weight is 779 g/mol. The zero-order valence-electron chi connectivity index (χ0n) is 36.1. The van der Waals surface area contributed by atoms with Crippen molar-refractivity contribution in [3.8, 4) is 67.0 Å². The summed E-state index contributed by atoms with van der Waals surface area (Å²) in [5.74, 6) is 0. The van der Waals surface area contributed by atoms with E-state index < -0.39 is 11.2 Å². The van der Waals surface area contributed by atoms with Crippen molar-refractivity contribution in [1.82, 2.24) is 19.9 Å². The molecule has 3 aromatic carbocycles. The van der Waals surface area contributed by atoms with Crippen molar-refractivity contribution in [2.24, 2.45) is 0 Å². The van der Waals surface area contributed by atoms with Crippen LogP contribution in [0.4, 0.5) is 0 Å². The quantitative estimate of drug-likeness (QED) is 0.139. The zero-order chi connectivity index (χ0) is 42.2. The third-order valence-corrected chi connectivity index (χ3v) is 11.3. The Hall–Kier alpha value is -5.76. The minimum Gasteiger partial charge on any atom is -0.427 e. The van der Waals surface area contributed by atoms with Gasteiger partial charge in [-0.25, -0.2) is 0 Å². The molecule has 59 heavy (non-hydrogen) atoms. The topological polar surface area (TPSA) is 81.0 Å². The van der Waals surface area contributed by atoms with Crippen molar-refractivity contribution in [2.45, 2.75) is 91.3 Å². The van der Waals surface area contributed by atoms with E-state index in [2.05, 4.69) is 157 Å². The van der Waals surface area contributed by atoms with Gasteiger partial charge < -0.3 is 9.76 Å². The van der Waals surface area contributed by atoms with Crippen molar-refractivity contribution in [3.05, 3.63) is 151 Å². The van der Waals surface area contributed by atoms with Crippen LogP contribution in [-0.2, 0) is 15.5 Å². The molecule has 4 aromatic heterocycles. The van der Waals surface area contributed by atoms with Gasteiger partial charge in [-0.15, -0.1) is 0 Å². The van der Waals surface area contributed by atoms with Crippen molar-refractivity contribution in [3.63, 3.8) is 0 Å². The summed E-state index contributed by atoms with van der Waals surface area (Å²) in [5.41, 5.74) is 13.4. The Kier molecular flexibility index (Phi) is 11.3. The lowest BCUT2D eigenvalue weighted by atomic mass is 9.79. The highest BCUT2D eigenvalue weighted by molar-refractivity contribution is 6.47. The van der Waals surface area contributed by atoms with Crippen LogP contribution in [0, 0.1) is 0 Å². The van der Waals surface area contributed by atoms with E-state index in [-0.39, 0.29) is 10.8 Å². The Morgan fingerprint density at radius 3 is 1.12 bits per heavy atom. The van der Waals surface area contributed by atoms with Crippen LogP contribution in [0.1, 0.15) is 80.6 Å². The van der Waals surface area contributed by atoms with Gasteiger partial charge in [0.15, 0.2) is 0 Å². The summed E-state index contributed by atoms with van der Waals surface area (Å²) in [6, 6.07) is 40.4. The van der Waals surface area contributed by atoms with E-state index in [4.69, 9.17) is 24.6 Å². The predicted octanol–water partition coefficient (Wildman–Crippen LogP) is 11.4. The molecule has 4 heterocycles. The largest absolute Gasteiger partial charge is 0.427 e. The third-order valence-electron chi connectivity index (χ3n) is 11.3. The highest BCUT2D eigenvalue weighted by Gasteiger charge is 2.35. The van der Waals surface area contributed by atoms with Crippen LogP contribution in [0.15, 0.2) is 140 Å². The fourth-order valence-electron chi connectivity index (χ4n) is 6.93. The highest BCUT2D eigenvalue weighted by Crippen LogP contribution is 2.38. The van der Waals surface area contributed by atoms with Gasteiger partial charge in [-0.2, -0.15) is 0 Å². The molecule has 6 nitrogen and oxygen atoms in total. The SMILES string of the molecule is CC(C)(C)c1ccc(-c2ccc(-c3ccccc3-c3cc(BOC(C)(C)C(C)(C)O)cc(-c4ccccc4-c4ccc(-c5ccc(C(C)(C)C)nc5)nc4)c3)cn2)cn1. The molecule has 0 radical (unpaired) electrons. The van der Waals surface area contributed by atoms with Gasteiger partial charge >= 0.3 is 7.48 Å². The molecule has 7 aromatic rings. The normalized spacial score (nSPS) is 12.4. The first kappa shape index (κ1) is 41.4. The summed E-state index contributed by atoms with van der Waals surface area (Å²) >= 11 is 0. The molecule has 0 saturated carbocycles. The maximum atomic E-state index is 10.9. The van der Waals surface area contributed by atoms with Gasteiger partial charge in [0.25, 0.3) is 0 Å². The molecule has 0 bridgehead atoms. The molecule has 0 saturated heterocycles. The molecule has 7 heteroatoms. The first-order valence-corrected chi connectivity index (χ1v) is 20.4. The van der Waals surface area contributed by atoms with E-state index in [1.807, 2.05) is 38.6 Å². The lowest BCUT2D eigenvalue weighted by molar-refractivity contribution is -0.0893. The molecule has 0 atom stereocenters. The van der Waals surface area contributed by atoms with Gasteiger partial charge in [-0.3, -0.25) is 19.9 Å². The van der Waals surface area contributed by atoms with Gasteiger partial charge in [0.05, 0.1) is 22.6 Å². The van der Waals surface area contributed by atoms with Gasteiger partial charge in [0.2, 0.25) is 0 Å². The molecular weight excluding hydrogens is 723 g/mol. The van der Waals surface area contributed by atoms with Crippen molar-refractivity contribution in [1.29, 1.82) is 0 Å². The molecule has 7 rings (SSSR count). The summed E-state index contributed by atoms with van der Waals surface area (Å²) < 4.78 is 6.47. The molecule has 298 valence electrons. The molecule has 0 amide bonds. The smallest absolute Gasteiger partial charge is 0.309 e. The summed E-state index contributed by atoms with van der Waals surface area (Å²) in [5, 5.41) is 10.9. The Balaban J connectivity index is 1.27. The van der Waals surface area contributed by atoms with Crippen LogP contribution in [0.5, 0.6) is 0 Å². The third kappa shape index (κ3) is 9.28. The summed E-state index contributed by atoms with van der Waals surface area (Å²) in [7, 11) is 0.318. The van der Waals surface area contributed by atoms with Gasteiger partial charge in [0.1, 0.15) is 0 Å². The van der Waals surface area contributed by atoms with Crippen LogP contribution < -0.4 is 5.46 Å². The van der Waals surface area contributed by atoms with Gasteiger partial charge in [0, 0.05) is 69.3 Å². The number of benzene rings is 3. The molecule has 0 unspecified atom stereocenters. The molecule has 0 fully saturated rings. The number of hydrogen-bond acceptors (Lipinski definition) is 6. The second kappa shape index (κ2) is 16.1. The molecule has 0 aliphatic carbocycles. The minimum absolute atomic E-state index is 0.0167. The fraction of sp³-hybridized carbons (Fsp3) is 0.269. The lowest BCUT2D eigenvalue weighted by Crippen LogP contribution is -2.49. The predicted molar refractivity (Wildman–Crippen MR) is 246 cm³/mol. The number of aliphatic hydroxyl groups is 1. The molecule has 0 aliphatic rings. The Bertz CT molecular complexity index is 2380. The van der Waals surface area contributed by atoms with Crippen LogP contribution in [0.25, 0.3) is 67.0 Å². The standard InChI is InChI=1S/C52H55BN4O2/c1-49(2,3)47-25-21-36(32-56-47)45-23-19-34(30-54-45)41-15-11-13-17-43(41)38-27-39(29-40(28-38)53-59-52(9,10)51(7,8)58)44-18-14-12-16-42(44)35-20-24-46(55-31-35)37-22-26-48(57-33-37)50(4,5)6/h11-33,53,58H,1-10H3. The number of hydrogen-bond donors (Lipinski definition) is 1. The van der Waals surface area contributed by atoms with E-state index in [1.54, 1.807) is 13.8 Å². The summed E-state index contributed by atoms with van der Waals surface area (Å²) in [6.45, 7) is 20.4. The van der Waals surface area contributed by atoms with Crippen molar-refractivity contribution in [2.75, 3.05) is 0 Å². The number of rotatable bonds is 10. The van der Waals surface area contributed by atoms with E-state index in [0.29, 0.717) is 7.48 Å². The maximum Gasteiger partial charge on any atom is 0.309 e. The van der Waals surface area contributed by atoms with Gasteiger partial charge in [-0.1, -0.05) is 120 Å². The monoisotopic (exact) mass is 778 g/mol. The molecule has 0 aliphatic heterocycles. The van der Waals surface area contributed by atoms with Crippen LogP contribution >= 0.6 is 0 Å². The van der Waals surface area contributed by atoms with E-state index in [9.17, 15) is 5.11 Å². The molecule has 0 spiro atoms. The Labute approximate surface area is 351 Å². The van der Waals surface area contributed by atoms with Crippen LogP contribution in [0.2, 0.25) is 0 Å². The average Bonchev–Trinajstić information content (AvgIpc) is 3.22. The Morgan fingerprint density at radius 2 is 0.797 bits per heavy atom. The lowest BCUT2D eigenvalue weighted by Gasteiger charge is -2.37.